The van der Waals surface area contributed by atoms with Gasteiger partial charge in [-0.25, -0.2) is 0 Å². The van der Waals surface area contributed by atoms with Crippen LogP contribution in [0.2, 0.25) is 0 Å². The van der Waals surface area contributed by atoms with Crippen molar-refractivity contribution in [1.29, 1.82) is 0 Å². The Bertz CT molecular complexity index is 828. The van der Waals surface area contributed by atoms with E-state index in [1.54, 1.807) is 0 Å². The molecule has 2 nitrogen and oxygen atoms in total. The molecular weight excluding hydrogens is 304 g/mol. The van der Waals surface area contributed by atoms with E-state index in [1.165, 1.54) is 16.0 Å². The average Bonchev–Trinajstić information content (AvgIpc) is 2.67. The van der Waals surface area contributed by atoms with E-state index in [9.17, 15) is 0 Å². The lowest BCUT2D eigenvalue weighted by atomic mass is 9.78. The maximum atomic E-state index is 6.33. The summed E-state index contributed by atoms with van der Waals surface area (Å²) in [5, 5.41) is 6.68. The summed E-state index contributed by atoms with van der Waals surface area (Å²) in [5.74, 6) is 1.05. The van der Waals surface area contributed by atoms with E-state index in [2.05, 4.69) is 79.0 Å². The number of benzene rings is 1. The SMILES string of the molecule is CC(N)C1=CCC(C2C=CC=CC2)NC1C1C=c2ccccc2=CC1. The van der Waals surface area contributed by atoms with Crippen LogP contribution in [0.15, 0.2) is 60.2 Å². The topological polar surface area (TPSA) is 38.0 Å². The number of hydrogen-bond donors (Lipinski definition) is 2. The summed E-state index contributed by atoms with van der Waals surface area (Å²) in [6.07, 6.45) is 19.5. The summed E-state index contributed by atoms with van der Waals surface area (Å²) < 4.78 is 0. The highest BCUT2D eigenvalue weighted by molar-refractivity contribution is 5.44. The first kappa shape index (κ1) is 16.6. The molecule has 0 saturated heterocycles. The molecule has 0 amide bonds. The van der Waals surface area contributed by atoms with Crippen LogP contribution in [0.25, 0.3) is 12.2 Å². The van der Waals surface area contributed by atoms with Crippen LogP contribution >= 0.6 is 0 Å². The van der Waals surface area contributed by atoms with Crippen LogP contribution in [-0.4, -0.2) is 18.1 Å². The highest BCUT2D eigenvalue weighted by Crippen LogP contribution is 2.30. The van der Waals surface area contributed by atoms with Gasteiger partial charge in [-0.1, -0.05) is 66.8 Å². The molecule has 0 bridgehead atoms. The molecule has 5 unspecified atom stereocenters. The zero-order valence-electron chi connectivity index (χ0n) is 14.9. The Kier molecular flexibility index (Phi) is 4.74. The van der Waals surface area contributed by atoms with Crippen LogP contribution < -0.4 is 21.5 Å². The summed E-state index contributed by atoms with van der Waals surface area (Å²) in [6.45, 7) is 2.12. The molecule has 5 atom stereocenters. The Hall–Kier alpha value is -1.90. The van der Waals surface area contributed by atoms with Gasteiger partial charge < -0.3 is 11.1 Å². The molecular formula is C23H28N2. The van der Waals surface area contributed by atoms with Crippen LogP contribution in [0.1, 0.15) is 26.2 Å². The molecule has 4 rings (SSSR count). The maximum Gasteiger partial charge on any atom is 0.0363 e. The van der Waals surface area contributed by atoms with Gasteiger partial charge in [0.1, 0.15) is 0 Å². The summed E-state index contributed by atoms with van der Waals surface area (Å²) in [4.78, 5) is 0. The first-order valence-corrected chi connectivity index (χ1v) is 9.54. The summed E-state index contributed by atoms with van der Waals surface area (Å²) in [5.41, 5.74) is 7.70. The fraction of sp³-hybridized carbons (Fsp3) is 0.391. The maximum absolute atomic E-state index is 6.33. The van der Waals surface area contributed by atoms with Gasteiger partial charge in [-0.05, 0) is 48.1 Å². The lowest BCUT2D eigenvalue weighted by Crippen LogP contribution is -2.52. The molecule has 1 aromatic rings. The monoisotopic (exact) mass is 332 g/mol. The van der Waals surface area contributed by atoms with Gasteiger partial charge in [-0.3, -0.25) is 0 Å². The second-order valence-electron chi connectivity index (χ2n) is 7.59. The van der Waals surface area contributed by atoms with E-state index in [-0.39, 0.29) is 6.04 Å². The molecule has 2 aliphatic carbocycles. The van der Waals surface area contributed by atoms with Crippen molar-refractivity contribution in [2.45, 2.75) is 44.3 Å². The van der Waals surface area contributed by atoms with Crippen LogP contribution in [-0.2, 0) is 0 Å². The van der Waals surface area contributed by atoms with Gasteiger partial charge in [0, 0.05) is 24.0 Å². The normalized spacial score (nSPS) is 32.2. The first-order chi connectivity index (χ1) is 12.2. The van der Waals surface area contributed by atoms with Crippen molar-refractivity contribution in [1.82, 2.24) is 5.32 Å². The van der Waals surface area contributed by atoms with Gasteiger partial charge in [-0.15, -0.1) is 0 Å². The molecule has 25 heavy (non-hydrogen) atoms. The highest BCUT2D eigenvalue weighted by atomic mass is 15.0. The van der Waals surface area contributed by atoms with Gasteiger partial charge in [-0.2, -0.15) is 0 Å². The molecule has 1 aromatic carbocycles. The van der Waals surface area contributed by atoms with Crippen molar-refractivity contribution in [3.8, 4) is 0 Å². The molecule has 3 aliphatic rings. The van der Waals surface area contributed by atoms with Crippen LogP contribution in [0.4, 0.5) is 0 Å². The molecule has 1 heterocycles. The minimum Gasteiger partial charge on any atom is -0.324 e. The number of rotatable bonds is 3. The van der Waals surface area contributed by atoms with Crippen molar-refractivity contribution >= 4 is 12.2 Å². The van der Waals surface area contributed by atoms with Gasteiger partial charge in [0.25, 0.3) is 0 Å². The third-order valence-corrected chi connectivity index (χ3v) is 5.84. The summed E-state index contributed by atoms with van der Waals surface area (Å²) in [7, 11) is 0. The molecule has 0 spiro atoms. The van der Waals surface area contributed by atoms with E-state index in [0.29, 0.717) is 23.9 Å². The van der Waals surface area contributed by atoms with Crippen LogP contribution in [0.3, 0.4) is 0 Å². The van der Waals surface area contributed by atoms with E-state index < -0.39 is 0 Å². The van der Waals surface area contributed by atoms with Crippen LogP contribution in [0, 0.1) is 11.8 Å². The number of nitrogens with two attached hydrogens (primary N) is 1. The molecule has 2 heteroatoms. The van der Waals surface area contributed by atoms with Gasteiger partial charge in [0.05, 0.1) is 0 Å². The second-order valence-corrected chi connectivity index (χ2v) is 7.59. The van der Waals surface area contributed by atoms with Crippen LogP contribution in [0.5, 0.6) is 0 Å². The molecule has 0 aromatic heterocycles. The smallest absolute Gasteiger partial charge is 0.0363 e. The van der Waals surface area contributed by atoms with Crippen molar-refractivity contribution in [2.75, 3.05) is 0 Å². The highest BCUT2D eigenvalue weighted by Gasteiger charge is 2.33. The van der Waals surface area contributed by atoms with Gasteiger partial charge >= 0.3 is 0 Å². The fourth-order valence-electron chi connectivity index (χ4n) is 4.46. The largest absolute Gasteiger partial charge is 0.324 e. The lowest BCUT2D eigenvalue weighted by Gasteiger charge is -2.40. The third kappa shape index (κ3) is 3.42. The van der Waals surface area contributed by atoms with Crippen molar-refractivity contribution in [3.05, 3.63) is 70.7 Å². The molecule has 0 radical (unpaired) electrons. The number of hydrogen-bond acceptors (Lipinski definition) is 2. The van der Waals surface area contributed by atoms with E-state index >= 15 is 0 Å². The minimum absolute atomic E-state index is 0.103. The Balaban J connectivity index is 1.62. The Morgan fingerprint density at radius 3 is 2.60 bits per heavy atom. The summed E-state index contributed by atoms with van der Waals surface area (Å²) >= 11 is 0. The lowest BCUT2D eigenvalue weighted by molar-refractivity contribution is 0.323. The predicted molar refractivity (Wildman–Crippen MR) is 106 cm³/mol. The zero-order valence-corrected chi connectivity index (χ0v) is 14.9. The molecule has 130 valence electrons. The number of allylic oxidation sites excluding steroid dienone is 3. The second kappa shape index (κ2) is 7.15. The average molecular weight is 332 g/mol. The Labute approximate surface area is 150 Å². The molecule has 3 N–H and O–H groups in total. The first-order valence-electron chi connectivity index (χ1n) is 9.54. The number of nitrogens with one attached hydrogen (secondary N) is 1. The molecule has 0 fully saturated rings. The fourth-order valence-corrected chi connectivity index (χ4v) is 4.46. The van der Waals surface area contributed by atoms with Gasteiger partial charge in [0.2, 0.25) is 0 Å². The molecule has 1 aliphatic heterocycles. The van der Waals surface area contributed by atoms with Gasteiger partial charge in [0.15, 0.2) is 0 Å². The Morgan fingerprint density at radius 1 is 1.00 bits per heavy atom. The van der Waals surface area contributed by atoms with Crippen molar-refractivity contribution in [3.63, 3.8) is 0 Å². The quantitative estimate of drug-likeness (QED) is 0.834. The number of fused-ring (bicyclic) bond motifs is 1. The standard InChI is InChI=1S/C23H28N2/c1-16(24)21-13-14-22(18-8-3-2-4-9-18)25-23(21)20-12-11-17-7-5-6-10-19(17)15-20/h2-8,10-11,13,15-16,18,20,22-23,25H,9,12,14,24H2,1H3. The third-order valence-electron chi connectivity index (χ3n) is 5.84. The Morgan fingerprint density at radius 2 is 1.84 bits per heavy atom. The van der Waals surface area contributed by atoms with E-state index in [1.807, 2.05) is 0 Å². The zero-order chi connectivity index (χ0) is 17.2. The van der Waals surface area contributed by atoms with E-state index in [0.717, 1.165) is 19.3 Å². The van der Waals surface area contributed by atoms with Crippen molar-refractivity contribution < 1.29 is 0 Å². The molecule has 0 saturated carbocycles. The van der Waals surface area contributed by atoms with E-state index in [4.69, 9.17) is 5.73 Å². The van der Waals surface area contributed by atoms with Crippen molar-refractivity contribution in [2.24, 2.45) is 17.6 Å². The predicted octanol–water partition coefficient (Wildman–Crippen LogP) is 2.40. The summed E-state index contributed by atoms with van der Waals surface area (Å²) in [6, 6.07) is 9.62. The minimum atomic E-state index is 0.103.